The number of rotatable bonds is 3. The molecule has 0 aliphatic carbocycles. The molecule has 1 aromatic rings. The van der Waals surface area contributed by atoms with Crippen molar-refractivity contribution < 1.29 is 4.79 Å². The van der Waals surface area contributed by atoms with Crippen LogP contribution in [0.4, 0.5) is 5.95 Å². The maximum absolute atomic E-state index is 11.5. The standard InChI is InChI=1S/C11H19N5OS/c1-7(2)16-10(12)14-15-11(16)18-8-4-3-5-13-9(17)6-8/h7-8H,3-6H2,1-2H3,(H2,12,14)(H,13,17). The van der Waals surface area contributed by atoms with Crippen molar-refractivity contribution in [2.45, 2.75) is 49.6 Å². The summed E-state index contributed by atoms with van der Waals surface area (Å²) in [5.74, 6) is 0.555. The summed E-state index contributed by atoms with van der Waals surface area (Å²) >= 11 is 1.61. The average molecular weight is 269 g/mol. The summed E-state index contributed by atoms with van der Waals surface area (Å²) in [6, 6.07) is 0.224. The molecule has 0 saturated carbocycles. The average Bonchev–Trinajstić information content (AvgIpc) is 2.52. The normalized spacial score (nSPS) is 20.8. The van der Waals surface area contributed by atoms with Gasteiger partial charge in [-0.3, -0.25) is 9.36 Å². The van der Waals surface area contributed by atoms with Crippen molar-refractivity contribution in [3.05, 3.63) is 0 Å². The SMILES string of the molecule is CC(C)n1c(N)nnc1SC1CCCNC(=O)C1. The first kappa shape index (κ1) is 13.2. The second-order valence-corrected chi connectivity index (χ2v) is 6.01. The summed E-state index contributed by atoms with van der Waals surface area (Å²) in [5, 5.41) is 12.0. The largest absolute Gasteiger partial charge is 0.368 e. The Morgan fingerprint density at radius 1 is 1.50 bits per heavy atom. The number of amides is 1. The Morgan fingerprint density at radius 3 is 3.00 bits per heavy atom. The fourth-order valence-electron chi connectivity index (χ4n) is 2.04. The van der Waals surface area contributed by atoms with Gasteiger partial charge in [-0.15, -0.1) is 10.2 Å². The van der Waals surface area contributed by atoms with Gasteiger partial charge in [-0.2, -0.15) is 0 Å². The van der Waals surface area contributed by atoms with Gasteiger partial charge in [0.25, 0.3) is 0 Å². The fourth-order valence-corrected chi connectivity index (χ4v) is 3.37. The summed E-state index contributed by atoms with van der Waals surface area (Å²) in [6.07, 6.45) is 2.55. The third kappa shape index (κ3) is 2.95. The number of aromatic nitrogens is 3. The van der Waals surface area contributed by atoms with Gasteiger partial charge in [0.2, 0.25) is 11.9 Å². The van der Waals surface area contributed by atoms with Gasteiger partial charge < -0.3 is 11.1 Å². The minimum atomic E-state index is 0.119. The van der Waals surface area contributed by atoms with E-state index in [0.29, 0.717) is 12.4 Å². The molecule has 18 heavy (non-hydrogen) atoms. The number of hydrogen-bond acceptors (Lipinski definition) is 5. The van der Waals surface area contributed by atoms with E-state index < -0.39 is 0 Å². The molecule has 1 aromatic heterocycles. The number of nitrogens with two attached hydrogens (primary N) is 1. The Bertz CT molecular complexity index is 431. The second kappa shape index (κ2) is 5.60. The molecule has 0 radical (unpaired) electrons. The van der Waals surface area contributed by atoms with Crippen molar-refractivity contribution in [3.8, 4) is 0 Å². The molecule has 100 valence electrons. The van der Waals surface area contributed by atoms with Gasteiger partial charge in [0.15, 0.2) is 5.16 Å². The molecule has 0 bridgehead atoms. The van der Waals surface area contributed by atoms with Gasteiger partial charge in [-0.05, 0) is 26.7 Å². The number of nitrogens with zero attached hydrogens (tertiary/aromatic N) is 3. The van der Waals surface area contributed by atoms with E-state index in [2.05, 4.69) is 15.5 Å². The van der Waals surface area contributed by atoms with Gasteiger partial charge in [0.1, 0.15) is 0 Å². The van der Waals surface area contributed by atoms with E-state index in [1.165, 1.54) is 0 Å². The quantitative estimate of drug-likeness (QED) is 0.861. The minimum absolute atomic E-state index is 0.119. The molecule has 0 spiro atoms. The van der Waals surface area contributed by atoms with Crippen LogP contribution in [0.5, 0.6) is 0 Å². The minimum Gasteiger partial charge on any atom is -0.368 e. The number of nitrogen functional groups attached to an aromatic ring is 1. The molecule has 1 unspecified atom stereocenters. The highest BCUT2D eigenvalue weighted by atomic mass is 32.2. The molecule has 0 aromatic carbocycles. The van der Waals surface area contributed by atoms with Crippen LogP contribution in [-0.2, 0) is 4.79 Å². The van der Waals surface area contributed by atoms with Crippen molar-refractivity contribution >= 4 is 23.6 Å². The van der Waals surface area contributed by atoms with E-state index in [9.17, 15) is 4.79 Å². The molecule has 7 heteroatoms. The Morgan fingerprint density at radius 2 is 2.28 bits per heavy atom. The third-order valence-corrected chi connectivity index (χ3v) is 4.14. The van der Waals surface area contributed by atoms with Crippen LogP contribution in [-0.4, -0.2) is 32.5 Å². The van der Waals surface area contributed by atoms with E-state index >= 15 is 0 Å². The molecule has 2 heterocycles. The number of nitrogens with one attached hydrogen (secondary N) is 1. The fraction of sp³-hybridized carbons (Fsp3) is 0.727. The highest BCUT2D eigenvalue weighted by Gasteiger charge is 2.22. The number of carbonyl (C=O) groups is 1. The van der Waals surface area contributed by atoms with E-state index in [4.69, 9.17) is 5.73 Å². The van der Waals surface area contributed by atoms with E-state index in [0.717, 1.165) is 24.5 Å². The first-order valence-electron chi connectivity index (χ1n) is 6.21. The first-order valence-corrected chi connectivity index (χ1v) is 7.09. The molecule has 1 aliphatic rings. The third-order valence-electron chi connectivity index (χ3n) is 2.92. The van der Waals surface area contributed by atoms with Crippen LogP contribution < -0.4 is 11.1 Å². The molecule has 1 aliphatic heterocycles. The number of thioether (sulfide) groups is 1. The van der Waals surface area contributed by atoms with Crippen LogP contribution in [0.15, 0.2) is 5.16 Å². The number of hydrogen-bond donors (Lipinski definition) is 2. The first-order chi connectivity index (χ1) is 8.58. The maximum Gasteiger partial charge on any atom is 0.222 e. The summed E-state index contributed by atoms with van der Waals surface area (Å²) in [4.78, 5) is 11.5. The molecule has 1 atom stereocenters. The zero-order valence-electron chi connectivity index (χ0n) is 10.7. The molecule has 1 amide bonds. The monoisotopic (exact) mass is 269 g/mol. The molecule has 1 fully saturated rings. The molecule has 3 N–H and O–H groups in total. The summed E-state index contributed by atoms with van der Waals surface area (Å²) in [5.41, 5.74) is 5.80. The van der Waals surface area contributed by atoms with E-state index in [1.54, 1.807) is 11.8 Å². The van der Waals surface area contributed by atoms with Gasteiger partial charge in [0, 0.05) is 24.3 Å². The van der Waals surface area contributed by atoms with Crippen LogP contribution in [0.3, 0.4) is 0 Å². The summed E-state index contributed by atoms with van der Waals surface area (Å²) < 4.78 is 1.91. The Hall–Kier alpha value is -1.24. The predicted molar refractivity (Wildman–Crippen MR) is 71.3 cm³/mol. The van der Waals surface area contributed by atoms with Gasteiger partial charge in [-0.1, -0.05) is 11.8 Å². The molecule has 2 rings (SSSR count). The van der Waals surface area contributed by atoms with Crippen molar-refractivity contribution in [2.24, 2.45) is 0 Å². The Kier molecular flexibility index (Phi) is 4.11. The van der Waals surface area contributed by atoms with Crippen molar-refractivity contribution in [3.63, 3.8) is 0 Å². The number of anilines is 1. The van der Waals surface area contributed by atoms with Gasteiger partial charge in [-0.25, -0.2) is 0 Å². The smallest absolute Gasteiger partial charge is 0.222 e. The summed E-state index contributed by atoms with van der Waals surface area (Å²) in [7, 11) is 0. The van der Waals surface area contributed by atoms with E-state index in [1.807, 2.05) is 18.4 Å². The second-order valence-electron chi connectivity index (χ2n) is 4.74. The maximum atomic E-state index is 11.5. The highest BCUT2D eigenvalue weighted by molar-refractivity contribution is 7.99. The lowest BCUT2D eigenvalue weighted by molar-refractivity contribution is -0.120. The van der Waals surface area contributed by atoms with Crippen molar-refractivity contribution in [2.75, 3.05) is 12.3 Å². The Labute approximate surface area is 111 Å². The zero-order valence-corrected chi connectivity index (χ0v) is 11.5. The van der Waals surface area contributed by atoms with Gasteiger partial charge in [0.05, 0.1) is 0 Å². The lowest BCUT2D eigenvalue weighted by Crippen LogP contribution is -2.23. The summed E-state index contributed by atoms with van der Waals surface area (Å²) in [6.45, 7) is 4.86. The lowest BCUT2D eigenvalue weighted by Gasteiger charge is -2.15. The van der Waals surface area contributed by atoms with Crippen LogP contribution in [0.25, 0.3) is 0 Å². The molecular weight excluding hydrogens is 250 g/mol. The topological polar surface area (TPSA) is 85.8 Å². The molecule has 1 saturated heterocycles. The van der Waals surface area contributed by atoms with Crippen molar-refractivity contribution in [1.82, 2.24) is 20.1 Å². The lowest BCUT2D eigenvalue weighted by atomic mass is 10.2. The highest BCUT2D eigenvalue weighted by Crippen LogP contribution is 2.30. The molecular formula is C11H19N5OS. The zero-order chi connectivity index (χ0) is 13.1. The van der Waals surface area contributed by atoms with Gasteiger partial charge >= 0.3 is 0 Å². The van der Waals surface area contributed by atoms with Crippen molar-refractivity contribution in [1.29, 1.82) is 0 Å². The van der Waals surface area contributed by atoms with E-state index in [-0.39, 0.29) is 17.2 Å². The predicted octanol–water partition coefficient (Wildman–Crippen LogP) is 1.20. The Balaban J connectivity index is 2.10. The number of carbonyl (C=O) groups excluding carboxylic acids is 1. The van der Waals surface area contributed by atoms with Crippen LogP contribution in [0.2, 0.25) is 0 Å². The molecule has 6 nitrogen and oxygen atoms in total. The van der Waals surface area contributed by atoms with Crippen LogP contribution >= 0.6 is 11.8 Å². The van der Waals surface area contributed by atoms with Crippen LogP contribution in [0.1, 0.15) is 39.2 Å². The van der Waals surface area contributed by atoms with Crippen LogP contribution in [0, 0.1) is 0 Å².